The SMILES string of the molecule is CCOC(=O)c1nc(NCC(C)S(C)=O)sc1C(C)=O. The molecule has 0 aliphatic carbocycles. The number of hydrogen-bond donors (Lipinski definition) is 1. The van der Waals surface area contributed by atoms with E-state index in [1.54, 1.807) is 13.2 Å². The largest absolute Gasteiger partial charge is 0.461 e. The molecule has 112 valence electrons. The van der Waals surface area contributed by atoms with Crippen molar-refractivity contribution in [1.29, 1.82) is 0 Å². The third-order valence-corrected chi connectivity index (χ3v) is 4.94. The number of carbonyl (C=O) groups excluding carboxylic acids is 2. The van der Waals surface area contributed by atoms with Gasteiger partial charge in [-0.15, -0.1) is 0 Å². The van der Waals surface area contributed by atoms with Crippen LogP contribution in [0, 0.1) is 0 Å². The van der Waals surface area contributed by atoms with Gasteiger partial charge in [0, 0.05) is 35.8 Å². The number of rotatable bonds is 7. The summed E-state index contributed by atoms with van der Waals surface area (Å²) in [5, 5.41) is 3.40. The standard InChI is InChI=1S/C12H18N2O4S2/c1-5-18-11(16)9-10(8(3)15)19-12(14-9)13-6-7(2)20(4)17/h7H,5-6H2,1-4H3,(H,13,14). The Morgan fingerprint density at radius 2 is 2.15 bits per heavy atom. The summed E-state index contributed by atoms with van der Waals surface area (Å²) in [7, 11) is -0.947. The fourth-order valence-electron chi connectivity index (χ4n) is 1.32. The van der Waals surface area contributed by atoms with Gasteiger partial charge in [0.25, 0.3) is 0 Å². The van der Waals surface area contributed by atoms with Crippen molar-refractivity contribution >= 4 is 39.0 Å². The fourth-order valence-corrected chi connectivity index (χ4v) is 2.49. The van der Waals surface area contributed by atoms with E-state index in [-0.39, 0.29) is 28.2 Å². The third kappa shape index (κ3) is 4.38. The van der Waals surface area contributed by atoms with E-state index in [2.05, 4.69) is 10.3 Å². The van der Waals surface area contributed by atoms with Crippen molar-refractivity contribution in [3.05, 3.63) is 10.6 Å². The van der Waals surface area contributed by atoms with Gasteiger partial charge in [0.2, 0.25) is 0 Å². The lowest BCUT2D eigenvalue weighted by Gasteiger charge is -2.07. The molecular formula is C12H18N2O4S2. The minimum atomic E-state index is -0.947. The maximum atomic E-state index is 11.7. The molecule has 1 N–H and O–H groups in total. The van der Waals surface area contributed by atoms with Crippen molar-refractivity contribution in [2.75, 3.05) is 24.7 Å². The summed E-state index contributed by atoms with van der Waals surface area (Å²) >= 11 is 1.10. The Kier molecular flexibility index (Phi) is 6.28. The molecule has 8 heteroatoms. The number of Topliss-reactive ketones (excluding diaryl/α,β-unsaturated/α-hetero) is 1. The lowest BCUT2D eigenvalue weighted by molar-refractivity contribution is 0.0517. The molecule has 2 atom stereocenters. The van der Waals surface area contributed by atoms with Gasteiger partial charge >= 0.3 is 5.97 Å². The highest BCUT2D eigenvalue weighted by Crippen LogP contribution is 2.24. The Morgan fingerprint density at radius 1 is 1.50 bits per heavy atom. The minimum Gasteiger partial charge on any atom is -0.461 e. The first kappa shape index (κ1) is 16.8. The van der Waals surface area contributed by atoms with Crippen molar-refractivity contribution in [3.8, 4) is 0 Å². The molecule has 2 unspecified atom stereocenters. The Morgan fingerprint density at radius 3 is 2.65 bits per heavy atom. The highest BCUT2D eigenvalue weighted by molar-refractivity contribution is 7.84. The van der Waals surface area contributed by atoms with Crippen LogP contribution in [0.4, 0.5) is 5.13 Å². The van der Waals surface area contributed by atoms with E-state index in [4.69, 9.17) is 4.74 Å². The molecule has 6 nitrogen and oxygen atoms in total. The minimum absolute atomic E-state index is 0.0390. The lowest BCUT2D eigenvalue weighted by Crippen LogP contribution is -2.20. The average Bonchev–Trinajstić information content (AvgIpc) is 2.80. The van der Waals surface area contributed by atoms with Crippen LogP contribution in [0.2, 0.25) is 0 Å². The van der Waals surface area contributed by atoms with Crippen LogP contribution in [0.15, 0.2) is 0 Å². The van der Waals surface area contributed by atoms with Gasteiger partial charge in [0.05, 0.1) is 6.61 Å². The first-order valence-corrected chi connectivity index (χ1v) is 8.55. The summed E-state index contributed by atoms with van der Waals surface area (Å²) < 4.78 is 16.1. The van der Waals surface area contributed by atoms with E-state index in [1.165, 1.54) is 6.92 Å². The van der Waals surface area contributed by atoms with Crippen molar-refractivity contribution in [1.82, 2.24) is 4.98 Å². The topological polar surface area (TPSA) is 85.4 Å². The summed E-state index contributed by atoms with van der Waals surface area (Å²) in [5.74, 6) is -0.833. The highest BCUT2D eigenvalue weighted by Gasteiger charge is 2.22. The number of thiazole rings is 1. The van der Waals surface area contributed by atoms with Crippen LogP contribution in [-0.4, -0.2) is 45.6 Å². The van der Waals surface area contributed by atoms with Crippen LogP contribution in [0.1, 0.15) is 40.9 Å². The highest BCUT2D eigenvalue weighted by atomic mass is 32.2. The molecule has 0 aromatic carbocycles. The first-order chi connectivity index (χ1) is 9.36. The number of hydrogen-bond acceptors (Lipinski definition) is 7. The predicted molar refractivity (Wildman–Crippen MR) is 80.1 cm³/mol. The second-order valence-electron chi connectivity index (χ2n) is 4.16. The molecule has 20 heavy (non-hydrogen) atoms. The monoisotopic (exact) mass is 318 g/mol. The summed E-state index contributed by atoms with van der Waals surface area (Å²) in [6, 6.07) is 0. The van der Waals surface area contributed by atoms with Crippen molar-refractivity contribution < 1.29 is 18.5 Å². The molecule has 0 saturated carbocycles. The van der Waals surface area contributed by atoms with Crippen molar-refractivity contribution in [2.24, 2.45) is 0 Å². The molecule has 0 aliphatic rings. The lowest BCUT2D eigenvalue weighted by atomic mass is 10.3. The second kappa shape index (κ2) is 7.49. The van der Waals surface area contributed by atoms with E-state index in [0.717, 1.165) is 11.3 Å². The predicted octanol–water partition coefficient (Wildman–Crippen LogP) is 1.70. The number of anilines is 1. The summed E-state index contributed by atoms with van der Waals surface area (Å²) in [6.07, 6.45) is 1.62. The Bertz CT molecular complexity index is 528. The van der Waals surface area contributed by atoms with Gasteiger partial charge < -0.3 is 10.1 Å². The van der Waals surface area contributed by atoms with Crippen LogP contribution >= 0.6 is 11.3 Å². The first-order valence-electron chi connectivity index (χ1n) is 6.11. The number of esters is 1. The van der Waals surface area contributed by atoms with E-state index in [1.807, 2.05) is 6.92 Å². The van der Waals surface area contributed by atoms with Gasteiger partial charge in [-0.25, -0.2) is 9.78 Å². The number of ether oxygens (including phenoxy) is 1. The maximum absolute atomic E-state index is 11.7. The van der Waals surface area contributed by atoms with Crippen LogP contribution < -0.4 is 5.32 Å². The number of aromatic nitrogens is 1. The Hall–Kier alpha value is -1.28. The van der Waals surface area contributed by atoms with Gasteiger partial charge in [-0.05, 0) is 13.8 Å². The summed E-state index contributed by atoms with van der Waals surface area (Å²) in [5.41, 5.74) is 0.0390. The zero-order chi connectivity index (χ0) is 15.3. The zero-order valence-electron chi connectivity index (χ0n) is 11.9. The molecule has 1 aromatic heterocycles. The number of ketones is 1. The van der Waals surface area contributed by atoms with Crippen molar-refractivity contribution in [2.45, 2.75) is 26.0 Å². The summed E-state index contributed by atoms with van der Waals surface area (Å²) in [6.45, 7) is 5.59. The second-order valence-corrected chi connectivity index (χ2v) is 6.96. The summed E-state index contributed by atoms with van der Waals surface area (Å²) in [4.78, 5) is 27.6. The molecule has 0 radical (unpaired) electrons. The number of nitrogens with zero attached hydrogens (tertiary/aromatic N) is 1. The molecule has 1 aromatic rings. The van der Waals surface area contributed by atoms with E-state index in [0.29, 0.717) is 11.7 Å². The number of carbonyl (C=O) groups is 2. The van der Waals surface area contributed by atoms with E-state index >= 15 is 0 Å². The molecular weight excluding hydrogens is 300 g/mol. The molecule has 0 spiro atoms. The smallest absolute Gasteiger partial charge is 0.358 e. The van der Waals surface area contributed by atoms with Gasteiger partial charge in [0.1, 0.15) is 4.88 Å². The molecule has 0 saturated heterocycles. The van der Waals surface area contributed by atoms with Crippen LogP contribution in [0.25, 0.3) is 0 Å². The Labute approximate surface area is 124 Å². The maximum Gasteiger partial charge on any atom is 0.358 e. The van der Waals surface area contributed by atoms with Crippen LogP contribution in [-0.2, 0) is 15.5 Å². The Balaban J connectivity index is 2.89. The molecule has 0 fully saturated rings. The van der Waals surface area contributed by atoms with Gasteiger partial charge in [-0.1, -0.05) is 11.3 Å². The molecule has 0 amide bonds. The molecule has 0 aliphatic heterocycles. The fraction of sp³-hybridized carbons (Fsp3) is 0.583. The molecule has 1 rings (SSSR count). The zero-order valence-corrected chi connectivity index (χ0v) is 13.5. The van der Waals surface area contributed by atoms with Gasteiger partial charge in [0.15, 0.2) is 16.6 Å². The van der Waals surface area contributed by atoms with E-state index in [9.17, 15) is 13.8 Å². The quantitative estimate of drug-likeness (QED) is 0.608. The van der Waals surface area contributed by atoms with Crippen LogP contribution in [0.3, 0.4) is 0 Å². The van der Waals surface area contributed by atoms with E-state index < -0.39 is 16.8 Å². The normalized spacial score (nSPS) is 13.6. The van der Waals surface area contributed by atoms with Crippen molar-refractivity contribution in [3.63, 3.8) is 0 Å². The molecule has 1 heterocycles. The average molecular weight is 318 g/mol. The number of nitrogens with one attached hydrogen (secondary N) is 1. The third-order valence-electron chi connectivity index (χ3n) is 2.52. The van der Waals surface area contributed by atoms with Crippen LogP contribution in [0.5, 0.6) is 0 Å². The van der Waals surface area contributed by atoms with Gasteiger partial charge in [-0.2, -0.15) is 0 Å². The van der Waals surface area contributed by atoms with Gasteiger partial charge in [-0.3, -0.25) is 9.00 Å². The molecule has 0 bridgehead atoms.